The van der Waals surface area contributed by atoms with E-state index >= 15 is 0 Å². The van der Waals surface area contributed by atoms with Crippen molar-refractivity contribution >= 4 is 27.3 Å². The molecule has 5 nitrogen and oxygen atoms in total. The van der Waals surface area contributed by atoms with E-state index in [2.05, 4.69) is 9.71 Å². The summed E-state index contributed by atoms with van der Waals surface area (Å²) in [5.74, 6) is 0. The Bertz CT molecular complexity index is 675. The molecule has 3 N–H and O–H groups in total. The SMILES string of the molecule is NCc1cc(S(=O)(=O)Nc2ccncc2)ccc1Cl. The molecule has 0 bridgehead atoms. The van der Waals surface area contributed by atoms with Gasteiger partial charge in [-0.2, -0.15) is 0 Å². The van der Waals surface area contributed by atoms with E-state index in [1.54, 1.807) is 12.1 Å². The van der Waals surface area contributed by atoms with Crippen molar-refractivity contribution in [2.24, 2.45) is 5.73 Å². The Morgan fingerprint density at radius 1 is 1.21 bits per heavy atom. The van der Waals surface area contributed by atoms with Crippen LogP contribution < -0.4 is 10.5 Å². The number of rotatable bonds is 4. The largest absolute Gasteiger partial charge is 0.326 e. The smallest absolute Gasteiger partial charge is 0.261 e. The Kier molecular flexibility index (Phi) is 4.04. The highest BCUT2D eigenvalue weighted by Gasteiger charge is 2.15. The van der Waals surface area contributed by atoms with Gasteiger partial charge in [0.1, 0.15) is 0 Å². The maximum Gasteiger partial charge on any atom is 0.261 e. The second kappa shape index (κ2) is 5.56. The van der Waals surface area contributed by atoms with Crippen LogP contribution >= 0.6 is 11.6 Å². The minimum absolute atomic E-state index is 0.120. The number of nitrogens with zero attached hydrogens (tertiary/aromatic N) is 1. The van der Waals surface area contributed by atoms with Crippen LogP contribution in [-0.2, 0) is 16.6 Å². The molecule has 0 amide bonds. The molecule has 0 radical (unpaired) electrons. The van der Waals surface area contributed by atoms with Crippen LogP contribution in [0.5, 0.6) is 0 Å². The summed E-state index contributed by atoms with van der Waals surface area (Å²) in [5.41, 5.74) is 6.53. The Balaban J connectivity index is 2.35. The fraction of sp³-hybridized carbons (Fsp3) is 0.0833. The van der Waals surface area contributed by atoms with E-state index in [0.717, 1.165) is 0 Å². The molecule has 0 aliphatic heterocycles. The molecule has 0 aliphatic carbocycles. The van der Waals surface area contributed by atoms with E-state index in [9.17, 15) is 8.42 Å². The fourth-order valence-corrected chi connectivity index (χ4v) is 2.81. The van der Waals surface area contributed by atoms with Gasteiger partial charge in [-0.15, -0.1) is 0 Å². The van der Waals surface area contributed by atoms with Crippen molar-refractivity contribution in [3.63, 3.8) is 0 Å². The number of sulfonamides is 1. The van der Waals surface area contributed by atoms with Crippen LogP contribution in [0, 0.1) is 0 Å². The number of anilines is 1. The molecule has 1 aromatic heterocycles. The van der Waals surface area contributed by atoms with Crippen molar-refractivity contribution in [1.82, 2.24) is 4.98 Å². The van der Waals surface area contributed by atoms with Gasteiger partial charge in [-0.3, -0.25) is 9.71 Å². The number of nitrogens with one attached hydrogen (secondary N) is 1. The van der Waals surface area contributed by atoms with Crippen LogP contribution in [0.2, 0.25) is 5.02 Å². The molecule has 0 atom stereocenters. The van der Waals surface area contributed by atoms with Crippen LogP contribution in [0.3, 0.4) is 0 Å². The second-order valence-electron chi connectivity index (χ2n) is 3.80. The molecule has 0 fully saturated rings. The molecule has 100 valence electrons. The number of hydrogen-bond acceptors (Lipinski definition) is 4. The summed E-state index contributed by atoms with van der Waals surface area (Å²) < 4.78 is 26.8. The number of benzene rings is 1. The molecule has 2 rings (SSSR count). The first-order chi connectivity index (χ1) is 9.03. The van der Waals surface area contributed by atoms with Gasteiger partial charge < -0.3 is 5.73 Å². The molecule has 7 heteroatoms. The lowest BCUT2D eigenvalue weighted by Gasteiger charge is -2.09. The van der Waals surface area contributed by atoms with Gasteiger partial charge >= 0.3 is 0 Å². The quantitative estimate of drug-likeness (QED) is 0.904. The standard InChI is InChI=1S/C12H12ClN3O2S/c13-12-2-1-11(7-9(12)8-14)19(17,18)16-10-3-5-15-6-4-10/h1-7H,8,14H2,(H,15,16). The molecular formula is C12H12ClN3O2S. The van der Waals surface area contributed by atoms with Crippen molar-refractivity contribution in [1.29, 1.82) is 0 Å². The molecule has 0 spiro atoms. The third-order valence-corrected chi connectivity index (χ3v) is 4.23. The molecule has 1 heterocycles. The average molecular weight is 298 g/mol. The van der Waals surface area contributed by atoms with E-state index in [0.29, 0.717) is 16.3 Å². The minimum atomic E-state index is -3.65. The number of pyridine rings is 1. The first-order valence-corrected chi connectivity index (χ1v) is 7.30. The zero-order valence-corrected chi connectivity index (χ0v) is 11.4. The van der Waals surface area contributed by atoms with Crippen LogP contribution in [0.25, 0.3) is 0 Å². The van der Waals surface area contributed by atoms with Crippen molar-refractivity contribution in [3.05, 3.63) is 53.3 Å². The van der Waals surface area contributed by atoms with Crippen molar-refractivity contribution in [2.75, 3.05) is 4.72 Å². The summed E-state index contributed by atoms with van der Waals surface area (Å²) in [4.78, 5) is 3.94. The highest BCUT2D eigenvalue weighted by molar-refractivity contribution is 7.92. The van der Waals surface area contributed by atoms with E-state index in [4.69, 9.17) is 17.3 Å². The number of nitrogens with two attached hydrogens (primary N) is 1. The summed E-state index contributed by atoms with van der Waals surface area (Å²) in [6.45, 7) is 0.178. The van der Waals surface area contributed by atoms with Gasteiger partial charge in [-0.25, -0.2) is 8.42 Å². The molecule has 0 aliphatic rings. The zero-order valence-electron chi connectivity index (χ0n) is 9.88. The Hall–Kier alpha value is -1.63. The van der Waals surface area contributed by atoms with E-state index < -0.39 is 10.0 Å². The van der Waals surface area contributed by atoms with Crippen LogP contribution in [0.4, 0.5) is 5.69 Å². The third-order valence-electron chi connectivity index (χ3n) is 2.48. The number of aromatic nitrogens is 1. The van der Waals surface area contributed by atoms with Crippen LogP contribution in [-0.4, -0.2) is 13.4 Å². The van der Waals surface area contributed by atoms with Gasteiger partial charge in [0.15, 0.2) is 0 Å². The molecule has 1 aromatic carbocycles. The highest BCUT2D eigenvalue weighted by Crippen LogP contribution is 2.21. The van der Waals surface area contributed by atoms with Gasteiger partial charge in [0.2, 0.25) is 0 Å². The van der Waals surface area contributed by atoms with Crippen molar-refractivity contribution < 1.29 is 8.42 Å². The fourth-order valence-electron chi connectivity index (χ4n) is 1.51. The third kappa shape index (κ3) is 3.23. The highest BCUT2D eigenvalue weighted by atomic mass is 35.5. The number of halogens is 1. The van der Waals surface area contributed by atoms with Gasteiger partial charge in [0.05, 0.1) is 10.6 Å². The molecule has 0 saturated heterocycles. The van der Waals surface area contributed by atoms with Gasteiger partial charge in [0, 0.05) is 24.0 Å². The summed E-state index contributed by atoms with van der Waals surface area (Å²) in [6, 6.07) is 7.55. The predicted molar refractivity (Wildman–Crippen MR) is 74.4 cm³/mol. The van der Waals surface area contributed by atoms with E-state index in [1.165, 1.54) is 30.6 Å². The number of hydrogen-bond donors (Lipinski definition) is 2. The predicted octanol–water partition coefficient (Wildman–Crippen LogP) is 1.99. The zero-order chi connectivity index (χ0) is 13.9. The topological polar surface area (TPSA) is 85.1 Å². The lowest BCUT2D eigenvalue weighted by Crippen LogP contribution is -2.13. The van der Waals surface area contributed by atoms with Gasteiger partial charge in [-0.1, -0.05) is 11.6 Å². The van der Waals surface area contributed by atoms with Crippen LogP contribution in [0.15, 0.2) is 47.6 Å². The maximum absolute atomic E-state index is 12.2. The Labute approximate surface area is 116 Å². The Morgan fingerprint density at radius 3 is 2.53 bits per heavy atom. The second-order valence-corrected chi connectivity index (χ2v) is 5.89. The minimum Gasteiger partial charge on any atom is -0.326 e. The molecule has 2 aromatic rings. The van der Waals surface area contributed by atoms with Crippen molar-refractivity contribution in [2.45, 2.75) is 11.4 Å². The molecule has 19 heavy (non-hydrogen) atoms. The summed E-state index contributed by atoms with van der Waals surface area (Å²) in [7, 11) is -3.65. The lowest BCUT2D eigenvalue weighted by atomic mass is 10.2. The molecule has 0 saturated carbocycles. The lowest BCUT2D eigenvalue weighted by molar-refractivity contribution is 0.601. The van der Waals surface area contributed by atoms with Crippen LogP contribution in [0.1, 0.15) is 5.56 Å². The van der Waals surface area contributed by atoms with E-state index in [1.807, 2.05) is 0 Å². The summed E-state index contributed by atoms with van der Waals surface area (Å²) >= 11 is 5.90. The average Bonchev–Trinajstić information content (AvgIpc) is 2.39. The summed E-state index contributed by atoms with van der Waals surface area (Å²) in [5, 5.41) is 0.449. The van der Waals surface area contributed by atoms with Crippen molar-refractivity contribution in [3.8, 4) is 0 Å². The first-order valence-electron chi connectivity index (χ1n) is 5.44. The van der Waals surface area contributed by atoms with Gasteiger partial charge in [-0.05, 0) is 35.9 Å². The first kappa shape index (κ1) is 13.8. The molecular weight excluding hydrogens is 286 g/mol. The normalized spacial score (nSPS) is 11.3. The summed E-state index contributed by atoms with van der Waals surface area (Å²) in [6.07, 6.45) is 3.01. The van der Waals surface area contributed by atoms with Gasteiger partial charge in [0.25, 0.3) is 10.0 Å². The molecule has 0 unspecified atom stereocenters. The maximum atomic E-state index is 12.2. The monoisotopic (exact) mass is 297 g/mol. The van der Waals surface area contributed by atoms with E-state index in [-0.39, 0.29) is 11.4 Å². The Morgan fingerprint density at radius 2 is 1.89 bits per heavy atom.